The summed E-state index contributed by atoms with van der Waals surface area (Å²) in [5.41, 5.74) is 10.1. The van der Waals surface area contributed by atoms with Gasteiger partial charge >= 0.3 is 0 Å². The number of aromatic nitrogens is 2. The number of carbonyl (C=O) groups excluding carboxylic acids is 1. The zero-order valence-electron chi connectivity index (χ0n) is 12.2. The molecule has 0 aliphatic heterocycles. The van der Waals surface area contributed by atoms with Gasteiger partial charge in [0, 0.05) is 25.2 Å². The second-order valence-corrected chi connectivity index (χ2v) is 4.98. The summed E-state index contributed by atoms with van der Waals surface area (Å²) in [5, 5.41) is 2.69. The topological polar surface area (TPSA) is 80.9 Å². The highest BCUT2D eigenvalue weighted by molar-refractivity contribution is 6.09. The Kier molecular flexibility index (Phi) is 3.70. The van der Waals surface area contributed by atoms with Gasteiger partial charge in [0.1, 0.15) is 0 Å². The molecule has 0 spiro atoms. The molecule has 0 saturated heterocycles. The summed E-state index contributed by atoms with van der Waals surface area (Å²) in [7, 11) is 1.63. The Balaban J connectivity index is 2.02. The summed E-state index contributed by atoms with van der Waals surface area (Å²) < 4.78 is 0. The third-order valence-corrected chi connectivity index (χ3v) is 3.61. The monoisotopic (exact) mass is 292 g/mol. The first-order valence-electron chi connectivity index (χ1n) is 6.99. The highest BCUT2D eigenvalue weighted by Gasteiger charge is 2.23. The molecule has 0 saturated carbocycles. The number of nitrogen functional groups attached to an aromatic ring is 1. The van der Waals surface area contributed by atoms with Crippen LogP contribution in [0, 0.1) is 0 Å². The number of carbonyl (C=O) groups is 1. The molecule has 1 aromatic heterocycles. The second-order valence-electron chi connectivity index (χ2n) is 4.98. The van der Waals surface area contributed by atoms with Gasteiger partial charge in [-0.2, -0.15) is 0 Å². The van der Waals surface area contributed by atoms with Crippen LogP contribution in [-0.4, -0.2) is 22.9 Å². The average molecular weight is 292 g/mol. The molecule has 3 rings (SSSR count). The number of amides is 1. The molecule has 0 unspecified atom stereocenters. The maximum Gasteiger partial charge on any atom is 0.251 e. The van der Waals surface area contributed by atoms with Crippen LogP contribution in [0.15, 0.2) is 54.2 Å². The Morgan fingerprint density at radius 1 is 1.23 bits per heavy atom. The maximum absolute atomic E-state index is 12.2. The molecule has 1 heterocycles. The minimum absolute atomic E-state index is 0.101. The molecule has 110 valence electrons. The number of allylic oxidation sites excluding steroid dienone is 2. The summed E-state index contributed by atoms with van der Waals surface area (Å²) in [6, 6.07) is 11.7. The first-order chi connectivity index (χ1) is 10.7. The number of benzene rings is 1. The smallest absolute Gasteiger partial charge is 0.251 e. The van der Waals surface area contributed by atoms with Crippen molar-refractivity contribution in [3.8, 4) is 0 Å². The van der Waals surface area contributed by atoms with E-state index in [1.54, 1.807) is 19.3 Å². The van der Waals surface area contributed by atoms with Crippen molar-refractivity contribution in [2.45, 2.75) is 6.42 Å². The molecule has 1 aromatic carbocycles. The van der Waals surface area contributed by atoms with Gasteiger partial charge in [0.05, 0.1) is 5.69 Å². The van der Waals surface area contributed by atoms with E-state index in [1.165, 1.54) is 0 Å². The van der Waals surface area contributed by atoms with Crippen molar-refractivity contribution in [3.05, 3.63) is 65.5 Å². The van der Waals surface area contributed by atoms with Crippen molar-refractivity contribution in [3.63, 3.8) is 0 Å². The highest BCUT2D eigenvalue weighted by Crippen LogP contribution is 2.37. The van der Waals surface area contributed by atoms with Crippen molar-refractivity contribution in [1.29, 1.82) is 0 Å². The van der Waals surface area contributed by atoms with E-state index in [1.807, 2.05) is 36.4 Å². The first-order valence-corrected chi connectivity index (χ1v) is 6.99. The first kappa shape index (κ1) is 14.0. The lowest BCUT2D eigenvalue weighted by Crippen LogP contribution is -2.19. The van der Waals surface area contributed by atoms with E-state index in [9.17, 15) is 4.79 Å². The maximum atomic E-state index is 12.2. The summed E-state index contributed by atoms with van der Waals surface area (Å²) in [4.78, 5) is 20.3. The van der Waals surface area contributed by atoms with E-state index in [-0.39, 0.29) is 11.9 Å². The zero-order chi connectivity index (χ0) is 15.5. The lowest BCUT2D eigenvalue weighted by molar-refractivity contribution is -0.116. The number of nitrogens with two attached hydrogens (primary N) is 1. The van der Waals surface area contributed by atoms with E-state index >= 15 is 0 Å². The van der Waals surface area contributed by atoms with Crippen LogP contribution in [0.4, 0.5) is 5.95 Å². The Bertz CT molecular complexity index is 778. The number of likely N-dealkylation sites (N-methyl/N-ethyl adjacent to an activating group) is 1. The molecule has 1 aliphatic carbocycles. The van der Waals surface area contributed by atoms with Crippen LogP contribution in [0.2, 0.25) is 0 Å². The van der Waals surface area contributed by atoms with Crippen LogP contribution >= 0.6 is 0 Å². The van der Waals surface area contributed by atoms with Crippen molar-refractivity contribution >= 4 is 23.0 Å². The standard InChI is InChI=1S/C17H16N4O/c1-19-16(22)14-10-12(15-7-8-20-17(18)21-15)9-13(14)11-5-3-2-4-6-11/h2-8,10H,9H2,1H3,(H,19,22)(H2,18,20,21). The Morgan fingerprint density at radius 2 is 2.00 bits per heavy atom. The third kappa shape index (κ3) is 2.61. The van der Waals surface area contributed by atoms with E-state index in [0.717, 1.165) is 22.4 Å². The van der Waals surface area contributed by atoms with Crippen LogP contribution in [-0.2, 0) is 4.79 Å². The predicted molar refractivity (Wildman–Crippen MR) is 86.5 cm³/mol. The number of hydrogen-bond donors (Lipinski definition) is 2. The molecule has 0 fully saturated rings. The average Bonchev–Trinajstić information content (AvgIpc) is 3.00. The van der Waals surface area contributed by atoms with Crippen LogP contribution < -0.4 is 11.1 Å². The molecule has 0 atom stereocenters. The number of anilines is 1. The molecule has 22 heavy (non-hydrogen) atoms. The largest absolute Gasteiger partial charge is 0.368 e. The molecular weight excluding hydrogens is 276 g/mol. The Hall–Kier alpha value is -2.95. The van der Waals surface area contributed by atoms with Crippen LogP contribution in [0.25, 0.3) is 11.1 Å². The minimum Gasteiger partial charge on any atom is -0.368 e. The lowest BCUT2D eigenvalue weighted by atomic mass is 9.99. The van der Waals surface area contributed by atoms with E-state index in [2.05, 4.69) is 15.3 Å². The number of nitrogens with zero attached hydrogens (tertiary/aromatic N) is 2. The Morgan fingerprint density at radius 3 is 2.68 bits per heavy atom. The van der Waals surface area contributed by atoms with Gasteiger partial charge in [-0.3, -0.25) is 4.79 Å². The fourth-order valence-electron chi connectivity index (χ4n) is 2.55. The van der Waals surface area contributed by atoms with Gasteiger partial charge in [0.25, 0.3) is 5.91 Å². The van der Waals surface area contributed by atoms with Crippen LogP contribution in [0.5, 0.6) is 0 Å². The number of rotatable bonds is 3. The van der Waals surface area contributed by atoms with Crippen LogP contribution in [0.3, 0.4) is 0 Å². The summed E-state index contributed by atoms with van der Waals surface area (Å²) >= 11 is 0. The SMILES string of the molecule is CNC(=O)C1=C(c2ccccc2)CC(c2ccnc(N)n2)=C1. The van der Waals surface area contributed by atoms with Gasteiger partial charge in [-0.1, -0.05) is 30.3 Å². The van der Waals surface area contributed by atoms with Gasteiger partial charge < -0.3 is 11.1 Å². The van der Waals surface area contributed by atoms with E-state index in [0.29, 0.717) is 12.0 Å². The summed E-state index contributed by atoms with van der Waals surface area (Å²) in [6.07, 6.45) is 4.14. The van der Waals surface area contributed by atoms with Crippen LogP contribution in [0.1, 0.15) is 17.7 Å². The molecule has 0 bridgehead atoms. The Labute approximate surface area is 128 Å². The molecule has 5 heteroatoms. The lowest BCUT2D eigenvalue weighted by Gasteiger charge is -2.07. The highest BCUT2D eigenvalue weighted by atomic mass is 16.1. The minimum atomic E-state index is -0.101. The number of nitrogens with one attached hydrogen (secondary N) is 1. The predicted octanol–water partition coefficient (Wildman–Crippen LogP) is 2.05. The molecule has 1 aliphatic rings. The molecule has 5 nitrogen and oxygen atoms in total. The van der Waals surface area contributed by atoms with Gasteiger partial charge in [0.2, 0.25) is 5.95 Å². The van der Waals surface area contributed by atoms with Crippen molar-refractivity contribution in [2.24, 2.45) is 0 Å². The summed E-state index contributed by atoms with van der Waals surface area (Å²) in [5.74, 6) is 0.129. The molecular formula is C17H16N4O. The van der Waals surface area contributed by atoms with Crippen molar-refractivity contribution < 1.29 is 4.79 Å². The van der Waals surface area contributed by atoms with Crippen molar-refractivity contribution in [2.75, 3.05) is 12.8 Å². The fourth-order valence-corrected chi connectivity index (χ4v) is 2.55. The normalized spacial score (nSPS) is 14.0. The van der Waals surface area contributed by atoms with Gasteiger partial charge in [-0.25, -0.2) is 9.97 Å². The molecule has 1 amide bonds. The quantitative estimate of drug-likeness (QED) is 0.907. The van der Waals surface area contributed by atoms with E-state index < -0.39 is 0 Å². The number of hydrogen-bond acceptors (Lipinski definition) is 4. The van der Waals surface area contributed by atoms with Gasteiger partial charge in [0.15, 0.2) is 0 Å². The second kappa shape index (κ2) is 5.81. The molecule has 0 radical (unpaired) electrons. The molecule has 3 N–H and O–H groups in total. The third-order valence-electron chi connectivity index (χ3n) is 3.61. The van der Waals surface area contributed by atoms with E-state index in [4.69, 9.17) is 5.73 Å². The zero-order valence-corrected chi connectivity index (χ0v) is 12.2. The fraction of sp³-hybridized carbons (Fsp3) is 0.118. The summed E-state index contributed by atoms with van der Waals surface area (Å²) in [6.45, 7) is 0. The van der Waals surface area contributed by atoms with Gasteiger partial charge in [-0.05, 0) is 28.9 Å². The molecule has 2 aromatic rings. The van der Waals surface area contributed by atoms with Gasteiger partial charge in [-0.15, -0.1) is 0 Å². The van der Waals surface area contributed by atoms with Crippen molar-refractivity contribution in [1.82, 2.24) is 15.3 Å².